The first kappa shape index (κ1) is 17.4. The summed E-state index contributed by atoms with van der Waals surface area (Å²) in [7, 11) is -3.74. The fourth-order valence-electron chi connectivity index (χ4n) is 2.99. The lowest BCUT2D eigenvalue weighted by molar-refractivity contribution is 0.399. The normalized spacial score (nSPS) is 15.5. The molecule has 0 saturated heterocycles. The molecule has 2 aromatic heterocycles. The van der Waals surface area contributed by atoms with E-state index >= 15 is 0 Å². The number of sulfonamides is 1. The highest BCUT2D eigenvalue weighted by atomic mass is 32.2. The molecule has 7 nitrogen and oxygen atoms in total. The van der Waals surface area contributed by atoms with E-state index in [2.05, 4.69) is 10.2 Å². The van der Waals surface area contributed by atoms with E-state index < -0.39 is 10.0 Å². The molecule has 0 radical (unpaired) electrons. The minimum atomic E-state index is -3.74. The fourth-order valence-corrected chi connectivity index (χ4v) is 4.28. The molecule has 0 atom stereocenters. The number of aromatic amines is 1. The molecule has 0 saturated carbocycles. The van der Waals surface area contributed by atoms with Crippen molar-refractivity contribution < 1.29 is 12.8 Å². The molecule has 8 heteroatoms. The van der Waals surface area contributed by atoms with E-state index in [4.69, 9.17) is 4.42 Å². The van der Waals surface area contributed by atoms with Crippen molar-refractivity contribution in [2.24, 2.45) is 0 Å². The van der Waals surface area contributed by atoms with Crippen LogP contribution in [0, 0.1) is 0 Å². The molecule has 0 aliphatic carbocycles. The second-order valence-electron chi connectivity index (χ2n) is 6.13. The van der Waals surface area contributed by atoms with Gasteiger partial charge in [0.05, 0.1) is 0 Å². The lowest BCUT2D eigenvalue weighted by Crippen LogP contribution is -2.34. The Hall–Kier alpha value is -2.97. The van der Waals surface area contributed by atoms with E-state index in [0.717, 1.165) is 11.1 Å². The Kier molecular flexibility index (Phi) is 4.51. The first-order valence-corrected chi connectivity index (χ1v) is 9.88. The molecule has 0 amide bonds. The molecule has 0 unspecified atom stereocenters. The largest absolute Gasteiger partial charge is 0.442 e. The Morgan fingerprint density at radius 1 is 1.04 bits per heavy atom. The summed E-state index contributed by atoms with van der Waals surface area (Å²) in [6.07, 6.45) is 2.57. The van der Waals surface area contributed by atoms with Crippen LogP contribution in [0.15, 0.2) is 75.0 Å². The second-order valence-corrected chi connectivity index (χ2v) is 8.00. The van der Waals surface area contributed by atoms with Gasteiger partial charge in [0.2, 0.25) is 5.09 Å². The Bertz CT molecular complexity index is 1130. The molecule has 3 aromatic rings. The highest BCUT2D eigenvalue weighted by Crippen LogP contribution is 2.28. The second kappa shape index (κ2) is 6.98. The van der Waals surface area contributed by atoms with Gasteiger partial charge in [-0.1, -0.05) is 36.4 Å². The number of rotatable bonds is 4. The van der Waals surface area contributed by atoms with Crippen molar-refractivity contribution in [3.05, 3.63) is 76.6 Å². The Balaban J connectivity index is 1.55. The Morgan fingerprint density at radius 3 is 2.52 bits per heavy atom. The maximum Gasteiger partial charge on any atom is 0.276 e. The molecule has 4 rings (SSSR count). The molecular weight excluding hydrogens is 366 g/mol. The van der Waals surface area contributed by atoms with Crippen molar-refractivity contribution in [3.63, 3.8) is 0 Å². The van der Waals surface area contributed by atoms with Crippen molar-refractivity contribution in [2.75, 3.05) is 13.1 Å². The lowest BCUT2D eigenvalue weighted by Gasteiger charge is -2.25. The average molecular weight is 383 g/mol. The number of hydrogen-bond acceptors (Lipinski definition) is 5. The van der Waals surface area contributed by atoms with Crippen molar-refractivity contribution in [1.82, 2.24) is 14.5 Å². The summed E-state index contributed by atoms with van der Waals surface area (Å²) in [6.45, 7) is 0.676. The lowest BCUT2D eigenvalue weighted by atomic mass is 10.0. The zero-order chi connectivity index (χ0) is 18.9. The highest BCUT2D eigenvalue weighted by molar-refractivity contribution is 7.89. The summed E-state index contributed by atoms with van der Waals surface area (Å²) in [4.78, 5) is 11.1. The minimum absolute atomic E-state index is 0.137. The fraction of sp³-hybridized carbons (Fsp3) is 0.158. The molecule has 1 aliphatic rings. The maximum absolute atomic E-state index is 12.9. The molecule has 1 N–H and O–H groups in total. The standard InChI is InChI=1S/C19H17N3O4S/c23-18-8-6-16(20-21-18)17-7-9-19(26-17)27(24,25)22-12-10-15(11-13-22)14-4-2-1-3-5-14/h1-10H,11-13H2,(H,21,23). The van der Waals surface area contributed by atoms with Gasteiger partial charge in [-0.25, -0.2) is 13.5 Å². The zero-order valence-electron chi connectivity index (χ0n) is 14.3. The van der Waals surface area contributed by atoms with Crippen LogP contribution < -0.4 is 5.56 Å². The molecule has 0 fully saturated rings. The van der Waals surface area contributed by atoms with Crippen molar-refractivity contribution in [3.8, 4) is 11.5 Å². The van der Waals surface area contributed by atoms with Crippen LogP contribution in [0.1, 0.15) is 12.0 Å². The highest BCUT2D eigenvalue weighted by Gasteiger charge is 2.29. The molecule has 0 spiro atoms. The van der Waals surface area contributed by atoms with E-state index in [1.807, 2.05) is 36.4 Å². The van der Waals surface area contributed by atoms with Gasteiger partial charge in [-0.2, -0.15) is 9.40 Å². The van der Waals surface area contributed by atoms with E-state index in [0.29, 0.717) is 25.2 Å². The van der Waals surface area contributed by atoms with Gasteiger partial charge in [-0.3, -0.25) is 4.79 Å². The quantitative estimate of drug-likeness (QED) is 0.747. The van der Waals surface area contributed by atoms with Crippen LogP contribution in [0.3, 0.4) is 0 Å². The van der Waals surface area contributed by atoms with Gasteiger partial charge < -0.3 is 4.42 Å². The van der Waals surface area contributed by atoms with Crippen LogP contribution in [0.25, 0.3) is 17.0 Å². The van der Waals surface area contributed by atoms with Gasteiger partial charge in [0, 0.05) is 19.2 Å². The van der Waals surface area contributed by atoms with Gasteiger partial charge in [-0.05, 0) is 35.8 Å². The summed E-state index contributed by atoms with van der Waals surface area (Å²) >= 11 is 0. The molecule has 0 bridgehead atoms. The number of H-pyrrole nitrogens is 1. The van der Waals surface area contributed by atoms with Gasteiger partial charge >= 0.3 is 0 Å². The third-order valence-corrected chi connectivity index (χ3v) is 6.16. The summed E-state index contributed by atoms with van der Waals surface area (Å²) in [5.41, 5.74) is 2.27. The number of hydrogen-bond donors (Lipinski definition) is 1. The number of aromatic nitrogens is 2. The van der Waals surface area contributed by atoms with E-state index in [1.54, 1.807) is 0 Å². The number of benzene rings is 1. The van der Waals surface area contributed by atoms with Crippen molar-refractivity contribution >= 4 is 15.6 Å². The summed E-state index contributed by atoms with van der Waals surface area (Å²) in [5, 5.41) is 6.01. The topological polar surface area (TPSA) is 96.3 Å². The molecule has 3 heterocycles. The number of nitrogens with one attached hydrogen (secondary N) is 1. The predicted octanol–water partition coefficient (Wildman–Crippen LogP) is 2.51. The van der Waals surface area contributed by atoms with Crippen LogP contribution in [0.2, 0.25) is 0 Å². The first-order chi connectivity index (χ1) is 13.0. The number of nitrogens with zero attached hydrogens (tertiary/aromatic N) is 2. The third-order valence-electron chi connectivity index (χ3n) is 4.42. The average Bonchev–Trinajstić information content (AvgIpc) is 3.20. The zero-order valence-corrected chi connectivity index (χ0v) is 15.1. The number of furan rings is 1. The van der Waals surface area contributed by atoms with Gasteiger partial charge in [0.15, 0.2) is 5.76 Å². The van der Waals surface area contributed by atoms with Crippen LogP contribution in [-0.4, -0.2) is 36.0 Å². The van der Waals surface area contributed by atoms with Gasteiger partial charge in [0.1, 0.15) is 5.69 Å². The van der Waals surface area contributed by atoms with Crippen LogP contribution >= 0.6 is 0 Å². The van der Waals surface area contributed by atoms with Crippen molar-refractivity contribution in [1.29, 1.82) is 0 Å². The Morgan fingerprint density at radius 2 is 1.85 bits per heavy atom. The molecular formula is C19H17N3O4S. The predicted molar refractivity (Wildman–Crippen MR) is 100 cm³/mol. The SMILES string of the molecule is O=c1ccc(-c2ccc(S(=O)(=O)N3CC=C(c4ccccc4)CC3)o2)n[nH]1. The molecule has 138 valence electrons. The van der Waals surface area contributed by atoms with E-state index in [-0.39, 0.29) is 16.4 Å². The Labute approximate surface area is 156 Å². The van der Waals surface area contributed by atoms with Crippen LogP contribution in [-0.2, 0) is 10.0 Å². The monoisotopic (exact) mass is 383 g/mol. The summed E-state index contributed by atoms with van der Waals surface area (Å²) in [6, 6.07) is 15.6. The summed E-state index contributed by atoms with van der Waals surface area (Å²) in [5.74, 6) is 0.280. The van der Waals surface area contributed by atoms with E-state index in [9.17, 15) is 13.2 Å². The summed E-state index contributed by atoms with van der Waals surface area (Å²) < 4.78 is 32.6. The smallest absolute Gasteiger partial charge is 0.276 e. The van der Waals surface area contributed by atoms with Crippen LogP contribution in [0.5, 0.6) is 0 Å². The van der Waals surface area contributed by atoms with E-state index in [1.165, 1.54) is 28.6 Å². The van der Waals surface area contributed by atoms with Crippen LogP contribution in [0.4, 0.5) is 0 Å². The molecule has 27 heavy (non-hydrogen) atoms. The third kappa shape index (κ3) is 3.49. The van der Waals surface area contributed by atoms with Crippen molar-refractivity contribution in [2.45, 2.75) is 11.5 Å². The van der Waals surface area contributed by atoms with Gasteiger partial charge in [0.25, 0.3) is 15.6 Å². The maximum atomic E-state index is 12.9. The first-order valence-electron chi connectivity index (χ1n) is 8.44. The molecule has 1 aliphatic heterocycles. The molecule has 1 aromatic carbocycles. The van der Waals surface area contributed by atoms with Gasteiger partial charge in [-0.15, -0.1) is 0 Å². The minimum Gasteiger partial charge on any atom is -0.442 e.